The van der Waals surface area contributed by atoms with Gasteiger partial charge in [0.15, 0.2) is 0 Å². The molecule has 0 fully saturated rings. The second-order valence-electron chi connectivity index (χ2n) is 26.8. The maximum Gasteiger partial charge on any atom is 0.303 e. The molecule has 2 bridgehead atoms. The largest absolute Gasteiger partial charge is 0.508 e. The van der Waals surface area contributed by atoms with Gasteiger partial charge in [0.2, 0.25) is 70.9 Å². The third-order valence-corrected chi connectivity index (χ3v) is 19.1. The molecule has 570 valence electrons. The minimum Gasteiger partial charge on any atom is -0.508 e. The fourth-order valence-corrected chi connectivity index (χ4v) is 13.3. The first-order valence-electron chi connectivity index (χ1n) is 34.3. The van der Waals surface area contributed by atoms with E-state index in [-0.39, 0.29) is 73.7 Å². The molecule has 5 aromatic rings. The molecule has 19 N–H and O–H groups in total. The molecule has 13 atom stereocenters. The minimum absolute atomic E-state index is 0.0716. The summed E-state index contributed by atoms with van der Waals surface area (Å²) >= 11 is 2.41. The molecule has 6 rings (SSSR count). The Kier molecular flexibility index (Phi) is 32.1. The summed E-state index contributed by atoms with van der Waals surface area (Å²) in [6.07, 6.45) is 0.425. The Morgan fingerprint density at radius 2 is 1.12 bits per heavy atom. The highest BCUT2D eigenvalue weighted by molar-refractivity contribution is 7.98. The van der Waals surface area contributed by atoms with Crippen molar-refractivity contribution in [3.05, 3.63) is 114 Å². The third kappa shape index (κ3) is 26.2. The number of phenols is 1. The summed E-state index contributed by atoms with van der Waals surface area (Å²) in [5.41, 5.74) is 7.89. The van der Waals surface area contributed by atoms with Gasteiger partial charge in [-0.1, -0.05) is 83.9 Å². The number of phenolic OH excluding ortho intramolecular Hbond substituents is 1. The number of imidazole rings is 1. The van der Waals surface area contributed by atoms with Crippen molar-refractivity contribution < 1.29 is 82.8 Å². The number of hydrogen-bond donors (Lipinski definition) is 18. The number of rotatable bonds is 19. The van der Waals surface area contributed by atoms with Crippen LogP contribution in [0.1, 0.15) is 122 Å². The van der Waals surface area contributed by atoms with E-state index in [1.165, 1.54) is 93.5 Å². The van der Waals surface area contributed by atoms with E-state index in [9.17, 15) is 82.8 Å². The molecular weight excluding hydrogens is 1400 g/mol. The van der Waals surface area contributed by atoms with E-state index in [1.807, 2.05) is 6.07 Å². The van der Waals surface area contributed by atoms with Gasteiger partial charge in [-0.25, -0.2) is 9.97 Å². The Bertz CT molecular complexity index is 3850. The topological polar surface area (TPSA) is 519 Å². The highest BCUT2D eigenvalue weighted by Crippen LogP contribution is 2.24. The molecule has 2 aromatic carbocycles. The van der Waals surface area contributed by atoms with Crippen LogP contribution < -0.4 is 64.2 Å². The summed E-state index contributed by atoms with van der Waals surface area (Å²) in [7, 11) is 0. The van der Waals surface area contributed by atoms with Gasteiger partial charge in [-0.15, -0.1) is 0 Å². The number of aliphatic carboxylic acids is 1. The Morgan fingerprint density at radius 1 is 0.619 bits per heavy atom. The highest BCUT2D eigenvalue weighted by atomic mass is 32.2. The second kappa shape index (κ2) is 40.2. The molecule has 0 aliphatic carbocycles. The molecule has 0 saturated carbocycles. The van der Waals surface area contributed by atoms with Gasteiger partial charge >= 0.3 is 5.97 Å². The molecule has 105 heavy (non-hydrogen) atoms. The number of amides is 12. The number of H-pyrrole nitrogens is 2. The van der Waals surface area contributed by atoms with Crippen molar-refractivity contribution in [2.45, 2.75) is 203 Å². The summed E-state index contributed by atoms with van der Waals surface area (Å²) in [5.74, 6) is -12.7. The number of carbonyl (C=O) groups is 13. The predicted octanol–water partition coefficient (Wildman–Crippen LogP) is -0.690. The molecule has 0 spiro atoms. The number of primary amides is 1. The van der Waals surface area contributed by atoms with Gasteiger partial charge in [-0.05, 0) is 85.0 Å². The van der Waals surface area contributed by atoms with Crippen molar-refractivity contribution in [3.63, 3.8) is 0 Å². The number of carboxylic acid groups (broad SMARTS) is 1. The summed E-state index contributed by atoms with van der Waals surface area (Å²) in [5, 5.41) is 71.4. The number of carbonyl (C=O) groups excluding carboxylic acids is 12. The molecule has 0 unspecified atom stereocenters. The Balaban J connectivity index is 1.42. The standard InChI is InChI=1S/C70H96N16O17S2/c1-9-13-46-60(94)79-48(22-23-54(91)92)61(95)80-49(26-39-18-20-44(90)21-19-39)63(97)78-47(14-10-2)62(96)85-56(37(4)88)68(102)83-52(58(71)93)33-104-31-40-15-11-16-41(25-40)32-105-34-53(84-69(103)57(70(6,7)8)76-38(5)89)66(100)81-51(28-43-30-72-35-75-43)65(99)86-55(36(3)87)67(101)82-50(64(98)77-46)27-42-29-74-59-45(42)17-12-24-73-59/h11-12,15-21,24-25,29-30,35-37,46-53,55-57,87-88,90H,9-10,13-14,22-23,26-28,31-34H2,1-8H3,(H2,71,93)(H,72,75)(H,73,74)(H,76,89)(H,77,98)(H,78,97)(H,79,94)(H,80,95)(H,81,100)(H,82,101)(H,83,102)(H,84,103)(H,85,96)(H,86,99)(H,91,92)/t36-,37-,46+,47+,48+,49+,50+,51+,52+,53+,55+,56+,57-/m1/s1. The van der Waals surface area contributed by atoms with Gasteiger partial charge < -0.3 is 94.6 Å². The van der Waals surface area contributed by atoms with Crippen molar-refractivity contribution in [3.8, 4) is 5.75 Å². The second-order valence-corrected chi connectivity index (χ2v) is 28.8. The molecule has 3 aromatic heterocycles. The van der Waals surface area contributed by atoms with Crippen LogP contribution in [0.25, 0.3) is 11.0 Å². The zero-order valence-electron chi connectivity index (χ0n) is 59.7. The first-order chi connectivity index (χ1) is 49.7. The number of pyridine rings is 1. The van der Waals surface area contributed by atoms with Gasteiger partial charge in [-0.2, -0.15) is 23.5 Å². The smallest absolute Gasteiger partial charge is 0.303 e. The molecule has 0 saturated heterocycles. The summed E-state index contributed by atoms with van der Waals surface area (Å²) < 4.78 is 0. The van der Waals surface area contributed by atoms with Crippen molar-refractivity contribution >= 4 is 111 Å². The lowest BCUT2D eigenvalue weighted by Gasteiger charge is -2.32. The maximum atomic E-state index is 15.0. The van der Waals surface area contributed by atoms with E-state index in [0.29, 0.717) is 27.9 Å². The quantitative estimate of drug-likeness (QED) is 0.0486. The fourth-order valence-electron chi connectivity index (χ4n) is 11.3. The summed E-state index contributed by atoms with van der Waals surface area (Å²) in [6, 6.07) is -1.11. The van der Waals surface area contributed by atoms with E-state index in [4.69, 9.17) is 5.73 Å². The first kappa shape index (κ1) is 83.8. The zero-order chi connectivity index (χ0) is 77.2. The number of aromatic nitrogens is 4. The van der Waals surface area contributed by atoms with Crippen LogP contribution in [-0.4, -0.2) is 207 Å². The van der Waals surface area contributed by atoms with Crippen molar-refractivity contribution in [1.29, 1.82) is 0 Å². The van der Waals surface area contributed by atoms with E-state index < -0.39 is 174 Å². The van der Waals surface area contributed by atoms with E-state index in [2.05, 4.69) is 78.4 Å². The number of aromatic amines is 2. The number of hydrogen-bond acceptors (Lipinski definition) is 20. The Hall–Kier alpha value is -10.1. The molecule has 0 radical (unpaired) electrons. The number of thioether (sulfide) groups is 2. The Labute approximate surface area is 615 Å². The zero-order valence-corrected chi connectivity index (χ0v) is 61.3. The number of nitrogens with one attached hydrogen (secondary N) is 13. The summed E-state index contributed by atoms with van der Waals surface area (Å²) in [6.45, 7) is 12.1. The molecular formula is C70H96N16O17S2. The number of aliphatic hydroxyl groups is 2. The van der Waals surface area contributed by atoms with Crippen LogP contribution in [0.2, 0.25) is 0 Å². The van der Waals surface area contributed by atoms with Crippen LogP contribution in [-0.2, 0) is 93.1 Å². The number of carboxylic acids is 1. The fraction of sp³-hybridized carbons (Fsp3) is 0.500. The lowest BCUT2D eigenvalue weighted by molar-refractivity contribution is -0.139. The molecule has 1 aliphatic heterocycles. The lowest BCUT2D eigenvalue weighted by atomic mass is 9.86. The van der Waals surface area contributed by atoms with E-state index in [1.54, 1.807) is 65.0 Å². The third-order valence-electron chi connectivity index (χ3n) is 16.9. The van der Waals surface area contributed by atoms with Crippen molar-refractivity contribution in [2.75, 3.05) is 11.5 Å². The normalized spacial score (nSPS) is 23.3. The van der Waals surface area contributed by atoms with Crippen molar-refractivity contribution in [1.82, 2.24) is 78.4 Å². The van der Waals surface area contributed by atoms with Gasteiger partial charge in [0.1, 0.15) is 77.9 Å². The number of fused-ring (bicyclic) bond motifs is 3. The number of nitrogens with two attached hydrogens (primary N) is 1. The predicted molar refractivity (Wildman–Crippen MR) is 388 cm³/mol. The van der Waals surface area contributed by atoms with Crippen LogP contribution in [0.3, 0.4) is 0 Å². The summed E-state index contributed by atoms with van der Waals surface area (Å²) in [4.78, 5) is 198. The average molecular weight is 1500 g/mol. The minimum atomic E-state index is -1.88. The highest BCUT2D eigenvalue weighted by Gasteiger charge is 2.40. The number of benzene rings is 2. The van der Waals surface area contributed by atoms with Gasteiger partial charge in [-0.3, -0.25) is 62.3 Å². The first-order valence-corrected chi connectivity index (χ1v) is 36.6. The van der Waals surface area contributed by atoms with E-state index in [0.717, 1.165) is 11.1 Å². The Morgan fingerprint density at radius 3 is 1.66 bits per heavy atom. The van der Waals surface area contributed by atoms with Crippen LogP contribution in [0.15, 0.2) is 85.6 Å². The molecule has 35 heteroatoms. The molecule has 12 amide bonds. The van der Waals surface area contributed by atoms with Gasteiger partial charge in [0.05, 0.1) is 18.5 Å². The molecule has 4 heterocycles. The number of aliphatic hydroxyl groups excluding tert-OH is 2. The molecule has 1 aliphatic rings. The van der Waals surface area contributed by atoms with Crippen LogP contribution in [0, 0.1) is 5.41 Å². The van der Waals surface area contributed by atoms with Gasteiger partial charge in [0, 0.05) is 85.3 Å². The van der Waals surface area contributed by atoms with Crippen LogP contribution in [0.5, 0.6) is 5.75 Å². The number of nitrogens with zero attached hydrogens (tertiary/aromatic N) is 2. The van der Waals surface area contributed by atoms with Crippen LogP contribution in [0.4, 0.5) is 0 Å². The maximum absolute atomic E-state index is 15.0. The molecule has 33 nitrogen and oxygen atoms in total. The van der Waals surface area contributed by atoms with Gasteiger partial charge in [0.25, 0.3) is 0 Å². The van der Waals surface area contributed by atoms with E-state index >= 15 is 0 Å². The SMILES string of the molecule is CCC[C@@H]1NC(=O)[C@H](Cc2c[nH]c3ncccc23)NC(=O)[C@H]([C@@H](C)O)NC(=O)[C@H](Cc2cnc[nH]2)NC(=O)[C@@H](NC(=O)[C@@H](NC(C)=O)C(C)(C)C)CSCc2cccc(c2)CSC[C@@H](C(N)=O)NC(=O)[C@H]([C@@H](C)O)NC(=O)[C@H](CCC)NC(=O)[C@H](Cc2ccc(O)cc2)NC(=O)[C@H](CCC(=O)O)NC1=O. The van der Waals surface area contributed by atoms with Crippen molar-refractivity contribution in [2.24, 2.45) is 11.1 Å². The lowest BCUT2D eigenvalue weighted by Crippen LogP contribution is -2.63. The average Bonchev–Trinajstić information content (AvgIpc) is 1.59. The van der Waals surface area contributed by atoms with Crippen LogP contribution >= 0.6 is 23.5 Å². The number of aromatic hydroxyl groups is 1. The monoisotopic (exact) mass is 1500 g/mol.